The monoisotopic (exact) mass is 1270 g/mol. The van der Waals surface area contributed by atoms with Crippen LogP contribution < -0.4 is 0 Å². The molecule has 5 unspecified atom stereocenters. The maximum Gasteiger partial charge on any atom is 0.335 e. The molecule has 4 saturated carbocycles. The average Bonchev–Trinajstić information content (AvgIpc) is 0.672. The Morgan fingerprint density at radius 1 is 0.652 bits per heavy atom. The number of carbonyl (C=O) groups is 3. The number of aliphatic hydroxyl groups excluding tert-OH is 13. The van der Waals surface area contributed by atoms with E-state index in [-0.39, 0.29) is 24.9 Å². The Kier molecular flexibility index (Phi) is 20.8. The van der Waals surface area contributed by atoms with E-state index in [1.54, 1.807) is 6.08 Å². The van der Waals surface area contributed by atoms with Crippen LogP contribution in [0.3, 0.4) is 0 Å². The minimum atomic E-state index is -2.29. The highest BCUT2D eigenvalue weighted by Crippen LogP contribution is 2.76. The number of allylic oxidation sites excluding steroid dienone is 3. The van der Waals surface area contributed by atoms with Crippen molar-refractivity contribution in [3.63, 3.8) is 0 Å². The second-order valence-corrected chi connectivity index (χ2v) is 28.8. The summed E-state index contributed by atoms with van der Waals surface area (Å²) < 4.78 is 61.0. The summed E-state index contributed by atoms with van der Waals surface area (Å²) in [5.41, 5.74) is -3.65. The highest BCUT2D eigenvalue weighted by Gasteiger charge is 2.74. The molecule has 27 heteroatoms. The molecule has 0 radical (unpaired) electrons. The van der Waals surface area contributed by atoms with E-state index < -0.39 is 217 Å². The van der Waals surface area contributed by atoms with Gasteiger partial charge in [-0.1, -0.05) is 79.5 Å². The maximum absolute atomic E-state index is 13.3. The van der Waals surface area contributed by atoms with Crippen LogP contribution in [-0.2, 0) is 61.8 Å². The first-order chi connectivity index (χ1) is 41.6. The first kappa shape index (κ1) is 70.4. The number of aliphatic carboxylic acids is 1. The summed E-state index contributed by atoms with van der Waals surface area (Å²) in [6.07, 6.45) is -32.6. The minimum absolute atomic E-state index is 0.0301. The van der Waals surface area contributed by atoms with Crippen LogP contribution in [-0.4, -0.2) is 256 Å². The van der Waals surface area contributed by atoms with E-state index in [2.05, 4.69) is 26.8 Å². The lowest BCUT2D eigenvalue weighted by Crippen LogP contribution is -2.72. The van der Waals surface area contributed by atoms with Crippen molar-refractivity contribution in [1.82, 2.24) is 0 Å². The van der Waals surface area contributed by atoms with E-state index in [0.717, 1.165) is 12.0 Å². The van der Waals surface area contributed by atoms with E-state index in [4.69, 9.17) is 47.4 Å². The Morgan fingerprint density at radius 2 is 1.24 bits per heavy atom. The fourth-order valence-electron chi connectivity index (χ4n) is 17.7. The van der Waals surface area contributed by atoms with Gasteiger partial charge < -0.3 is 119 Å². The Hall–Kier alpha value is -2.95. The largest absolute Gasteiger partial charge is 0.479 e. The van der Waals surface area contributed by atoms with Gasteiger partial charge in [0.05, 0.1) is 36.9 Å². The molecule has 4 heterocycles. The van der Waals surface area contributed by atoms with Gasteiger partial charge in [0.25, 0.3) is 0 Å². The zero-order valence-electron chi connectivity index (χ0n) is 52.4. The third kappa shape index (κ3) is 12.1. The highest BCUT2D eigenvalue weighted by atomic mass is 16.8. The van der Waals surface area contributed by atoms with Gasteiger partial charge in [0.2, 0.25) is 0 Å². The van der Waals surface area contributed by atoms with E-state index in [0.29, 0.717) is 44.9 Å². The van der Waals surface area contributed by atoms with Gasteiger partial charge in [0.1, 0.15) is 104 Å². The first-order valence-electron chi connectivity index (χ1n) is 31.5. The lowest BCUT2D eigenvalue weighted by atomic mass is 9.33. The van der Waals surface area contributed by atoms with Crippen molar-refractivity contribution in [2.45, 2.75) is 274 Å². The van der Waals surface area contributed by atoms with Gasteiger partial charge in [0, 0.05) is 18.4 Å². The van der Waals surface area contributed by atoms with Crippen molar-refractivity contribution in [1.29, 1.82) is 0 Å². The molecule has 0 bridgehead atoms. The van der Waals surface area contributed by atoms with E-state index in [9.17, 15) is 85.9 Å². The number of hydrogen-bond donors (Lipinski definition) is 14. The van der Waals surface area contributed by atoms with Crippen molar-refractivity contribution in [3.05, 3.63) is 23.8 Å². The van der Waals surface area contributed by atoms with Crippen LogP contribution in [0.4, 0.5) is 0 Å². The Morgan fingerprint density at radius 3 is 1.85 bits per heavy atom. The standard InChI is InChI=1S/C62H98O27/c1-11-12-13-14-36(67)85-51-50(77)62(25-80-27(3)65)29(21-57(51,4)5)28-15-16-33-59(8)19-18-35(58(6,7)32(59)17-20-60(33,9)61(28,10)22-34(62)66)84-56-49(89-54-44(75)41(72)38(69)30(23-63)82-54)46(45(76)47(87-56)52(78)79)86-55-48(42(73)39(70)31(24-64)83-55)88-53-43(74)40(71)37(68)26(2)81-53/h13-15,26,29-35,37-51,53-56,63-64,66,68-77H,11-12,16-25H2,1-10H3,(H,78,79)/b14-13-/t26?,29-,30+,31+,32-,33+,34+,35-,37?,38+,39-,40?,41-,42-,43?,44+,45-,46-,47-,48+,49+,50-,51-,53?,54-,55-,56+,59-,60+,61+,62-/m0/s1. The van der Waals surface area contributed by atoms with Crippen LogP contribution in [0.1, 0.15) is 127 Å². The van der Waals surface area contributed by atoms with Gasteiger partial charge in [-0.15, -0.1) is 0 Å². The second kappa shape index (κ2) is 26.3. The van der Waals surface area contributed by atoms with Crippen molar-refractivity contribution in [3.8, 4) is 0 Å². The van der Waals surface area contributed by atoms with Gasteiger partial charge in [-0.05, 0) is 97.7 Å². The molecule has 0 amide bonds. The Bertz CT molecular complexity index is 2570. The number of unbranched alkanes of at least 4 members (excludes halogenated alkanes) is 1. The molecule has 508 valence electrons. The predicted molar refractivity (Wildman–Crippen MR) is 303 cm³/mol. The number of carboxylic acids is 1. The molecule has 9 aliphatic rings. The minimum Gasteiger partial charge on any atom is -0.479 e. The molecule has 9 rings (SSSR count). The summed E-state index contributed by atoms with van der Waals surface area (Å²) in [5, 5.41) is 157. The van der Waals surface area contributed by atoms with Crippen LogP contribution in [0.25, 0.3) is 0 Å². The molecule has 4 saturated heterocycles. The topological polar surface area (TPSA) is 427 Å². The summed E-state index contributed by atoms with van der Waals surface area (Å²) in [5.74, 6) is -3.62. The SMILES string of the molecule is CCC/C=C\C(=O)O[C@H]1[C@H](O)[C@]2(COC(C)=O)[C@H](O)C[C@]3(C)C(=CC[C@@H]4[C@@]5(C)CC[C@H](O[C@@H]6O[C@H](C(=O)O)[C@@H](O)[C@H](O[C@@H]7O[C@H](CO)[C@H](O)[C@H](O)[C@H]7OC7OC(C)C(O)C(O)C7O)[C@H]6O[C@@H]6O[C@H](CO)[C@@H](O)[C@H](O)[C@H]6O)C(C)(C)[C@@H]5CC[C@]43C)[C@@H]2CC1(C)C. The first-order valence-corrected chi connectivity index (χ1v) is 31.5. The van der Waals surface area contributed by atoms with Crippen molar-refractivity contribution in [2.75, 3.05) is 19.8 Å². The predicted octanol–water partition coefficient (Wildman–Crippen LogP) is -1.05. The lowest BCUT2D eigenvalue weighted by Gasteiger charge is -2.72. The number of fused-ring (bicyclic) bond motifs is 7. The van der Waals surface area contributed by atoms with E-state index in [1.165, 1.54) is 19.9 Å². The zero-order valence-corrected chi connectivity index (χ0v) is 52.4. The maximum atomic E-state index is 13.3. The molecular formula is C62H98O27. The molecule has 0 aromatic heterocycles. The van der Waals surface area contributed by atoms with Gasteiger partial charge in [-0.2, -0.15) is 0 Å². The van der Waals surface area contributed by atoms with Crippen LogP contribution >= 0.6 is 0 Å². The molecule has 89 heavy (non-hydrogen) atoms. The fraction of sp³-hybridized carbons (Fsp3) is 0.887. The fourth-order valence-corrected chi connectivity index (χ4v) is 17.7. The van der Waals surface area contributed by atoms with Crippen LogP contribution in [0, 0.1) is 50.2 Å². The van der Waals surface area contributed by atoms with Crippen LogP contribution in [0.15, 0.2) is 23.8 Å². The highest BCUT2D eigenvalue weighted by molar-refractivity contribution is 5.82. The quantitative estimate of drug-likeness (QED) is 0.0357. The average molecular weight is 1280 g/mol. The van der Waals surface area contributed by atoms with Gasteiger partial charge in [-0.3, -0.25) is 4.79 Å². The summed E-state index contributed by atoms with van der Waals surface area (Å²) >= 11 is 0. The number of ether oxygens (including phenoxy) is 10. The number of hydrogen-bond acceptors (Lipinski definition) is 26. The smallest absolute Gasteiger partial charge is 0.335 e. The van der Waals surface area contributed by atoms with E-state index in [1.807, 2.05) is 34.6 Å². The van der Waals surface area contributed by atoms with Gasteiger partial charge >= 0.3 is 17.9 Å². The normalized spacial score (nSPS) is 50.3. The molecule has 4 aliphatic heterocycles. The molecule has 8 fully saturated rings. The van der Waals surface area contributed by atoms with E-state index >= 15 is 0 Å². The lowest BCUT2D eigenvalue weighted by molar-refractivity contribution is -0.406. The van der Waals surface area contributed by atoms with Gasteiger partial charge in [0.15, 0.2) is 31.3 Å². The number of carboxylic acid groups (broad SMARTS) is 1. The summed E-state index contributed by atoms with van der Waals surface area (Å²) in [4.78, 5) is 39.2. The molecule has 0 aromatic carbocycles. The van der Waals surface area contributed by atoms with Crippen LogP contribution in [0.2, 0.25) is 0 Å². The summed E-state index contributed by atoms with van der Waals surface area (Å²) in [6.45, 7) is 17.0. The van der Waals surface area contributed by atoms with Crippen molar-refractivity contribution in [2.24, 2.45) is 50.2 Å². The van der Waals surface area contributed by atoms with Crippen molar-refractivity contribution >= 4 is 17.9 Å². The third-order valence-corrected chi connectivity index (χ3v) is 22.9. The molecule has 0 spiro atoms. The second-order valence-electron chi connectivity index (χ2n) is 28.8. The molecule has 27 nitrogen and oxygen atoms in total. The molecule has 0 aromatic rings. The number of aliphatic hydroxyl groups is 13. The Balaban J connectivity index is 1.04. The molecule has 14 N–H and O–H groups in total. The molecule has 5 aliphatic carbocycles. The number of carbonyl (C=O) groups excluding carboxylic acids is 2. The zero-order chi connectivity index (χ0) is 65.6. The number of esters is 2. The van der Waals surface area contributed by atoms with Crippen LogP contribution in [0.5, 0.6) is 0 Å². The Labute approximate surface area is 517 Å². The summed E-state index contributed by atoms with van der Waals surface area (Å²) in [6, 6.07) is 0. The summed E-state index contributed by atoms with van der Waals surface area (Å²) in [7, 11) is 0. The molecular weight excluding hydrogens is 1180 g/mol. The third-order valence-electron chi connectivity index (χ3n) is 22.9. The molecule has 31 atom stereocenters. The van der Waals surface area contributed by atoms with Gasteiger partial charge in [-0.25, -0.2) is 9.59 Å². The van der Waals surface area contributed by atoms with Crippen molar-refractivity contribution < 1.29 is 133 Å². The number of rotatable bonds is 17.